The van der Waals surface area contributed by atoms with E-state index in [2.05, 4.69) is 61.3 Å². The van der Waals surface area contributed by atoms with Gasteiger partial charge in [-0.15, -0.1) is 0 Å². The second-order valence-corrected chi connectivity index (χ2v) is 5.31. The molecule has 94 valence electrons. The van der Waals surface area contributed by atoms with Crippen LogP contribution in [0.2, 0.25) is 0 Å². The first-order valence-corrected chi connectivity index (χ1v) is 6.77. The lowest BCUT2D eigenvalue weighted by atomic mass is 9.98. The van der Waals surface area contributed by atoms with Crippen LogP contribution in [0.4, 0.5) is 5.69 Å². The molecule has 0 aromatic heterocycles. The largest absolute Gasteiger partial charge is 0.366 e. The lowest BCUT2D eigenvalue weighted by Gasteiger charge is -2.43. The Bertz CT molecular complexity index is 334. The van der Waals surface area contributed by atoms with E-state index >= 15 is 0 Å². The van der Waals surface area contributed by atoms with Crippen LogP contribution in [0.5, 0.6) is 0 Å². The molecule has 2 atom stereocenters. The van der Waals surface area contributed by atoms with Crippen LogP contribution in [0.15, 0.2) is 30.3 Å². The molecule has 0 spiro atoms. The van der Waals surface area contributed by atoms with Gasteiger partial charge in [0.05, 0.1) is 0 Å². The van der Waals surface area contributed by atoms with Crippen molar-refractivity contribution in [3.05, 3.63) is 30.3 Å². The fourth-order valence-electron chi connectivity index (χ4n) is 2.57. The molecule has 1 aromatic rings. The number of nitrogens with zero attached hydrogens (tertiary/aromatic N) is 1. The van der Waals surface area contributed by atoms with Crippen molar-refractivity contribution in [2.45, 2.75) is 39.3 Å². The Hall–Kier alpha value is -1.02. The summed E-state index contributed by atoms with van der Waals surface area (Å²) in [6.45, 7) is 9.10. The predicted molar refractivity (Wildman–Crippen MR) is 74.5 cm³/mol. The highest BCUT2D eigenvalue weighted by atomic mass is 15.2. The quantitative estimate of drug-likeness (QED) is 0.862. The summed E-state index contributed by atoms with van der Waals surface area (Å²) < 4.78 is 0. The summed E-state index contributed by atoms with van der Waals surface area (Å²) in [7, 11) is 0. The van der Waals surface area contributed by atoms with Crippen LogP contribution in [0, 0.1) is 5.92 Å². The van der Waals surface area contributed by atoms with Crippen LogP contribution in [0.25, 0.3) is 0 Å². The molecule has 0 saturated carbocycles. The van der Waals surface area contributed by atoms with E-state index in [4.69, 9.17) is 0 Å². The number of hydrogen-bond acceptors (Lipinski definition) is 2. The minimum atomic E-state index is 0.609. The molecule has 1 aliphatic rings. The fourth-order valence-corrected chi connectivity index (χ4v) is 2.57. The van der Waals surface area contributed by atoms with Gasteiger partial charge in [-0.2, -0.15) is 0 Å². The van der Waals surface area contributed by atoms with Crippen LogP contribution in [-0.4, -0.2) is 25.2 Å². The Kier molecular flexibility index (Phi) is 4.06. The molecule has 0 aliphatic carbocycles. The first-order chi connectivity index (χ1) is 8.22. The maximum absolute atomic E-state index is 3.68. The van der Waals surface area contributed by atoms with E-state index in [1.807, 2.05) is 0 Å². The van der Waals surface area contributed by atoms with Gasteiger partial charge in [-0.1, -0.05) is 39.0 Å². The molecule has 1 aliphatic heterocycles. The van der Waals surface area contributed by atoms with Gasteiger partial charge in [0.2, 0.25) is 0 Å². The van der Waals surface area contributed by atoms with Crippen molar-refractivity contribution in [1.82, 2.24) is 5.32 Å². The molecule has 2 nitrogen and oxygen atoms in total. The van der Waals surface area contributed by atoms with Gasteiger partial charge in [-0.25, -0.2) is 0 Å². The fraction of sp³-hybridized carbons (Fsp3) is 0.600. The molecule has 0 amide bonds. The van der Waals surface area contributed by atoms with Gasteiger partial charge in [-0.3, -0.25) is 0 Å². The molecule has 0 radical (unpaired) electrons. The lowest BCUT2D eigenvalue weighted by Crippen LogP contribution is -2.58. The first-order valence-electron chi connectivity index (χ1n) is 6.77. The van der Waals surface area contributed by atoms with E-state index in [-0.39, 0.29) is 0 Å². The van der Waals surface area contributed by atoms with E-state index in [9.17, 15) is 0 Å². The summed E-state index contributed by atoms with van der Waals surface area (Å²) in [6, 6.07) is 12.1. The summed E-state index contributed by atoms with van der Waals surface area (Å²) in [5.74, 6) is 0.694. The van der Waals surface area contributed by atoms with E-state index in [0.29, 0.717) is 18.0 Å². The van der Waals surface area contributed by atoms with Crippen LogP contribution >= 0.6 is 0 Å². The highest BCUT2D eigenvalue weighted by Crippen LogP contribution is 2.22. The Balaban J connectivity index is 2.16. The van der Waals surface area contributed by atoms with Gasteiger partial charge in [0.1, 0.15) is 0 Å². The van der Waals surface area contributed by atoms with Gasteiger partial charge in [0.15, 0.2) is 0 Å². The third-order valence-electron chi connectivity index (χ3n) is 3.81. The van der Waals surface area contributed by atoms with Crippen molar-refractivity contribution < 1.29 is 0 Å². The Labute approximate surface area is 105 Å². The summed E-state index contributed by atoms with van der Waals surface area (Å²) in [5, 5.41) is 3.68. The van der Waals surface area contributed by atoms with Crippen molar-refractivity contribution in [1.29, 1.82) is 0 Å². The zero-order valence-corrected chi connectivity index (χ0v) is 11.2. The minimum absolute atomic E-state index is 0.609. The number of nitrogens with one attached hydrogen (secondary N) is 1. The maximum atomic E-state index is 3.68. The molecule has 17 heavy (non-hydrogen) atoms. The average Bonchev–Trinajstić information content (AvgIpc) is 2.39. The van der Waals surface area contributed by atoms with Gasteiger partial charge in [0, 0.05) is 30.9 Å². The predicted octanol–water partition coefficient (Wildman–Crippen LogP) is 2.90. The number of rotatable bonds is 3. The third kappa shape index (κ3) is 2.81. The Morgan fingerprint density at radius 3 is 2.59 bits per heavy atom. The molecule has 2 heteroatoms. The number of piperazine rings is 1. The van der Waals surface area contributed by atoms with E-state index in [1.54, 1.807) is 0 Å². The summed E-state index contributed by atoms with van der Waals surface area (Å²) in [6.07, 6.45) is 1.20. The molecular formula is C15H24N2. The molecular weight excluding hydrogens is 208 g/mol. The van der Waals surface area contributed by atoms with Crippen molar-refractivity contribution >= 4 is 5.69 Å². The third-order valence-corrected chi connectivity index (χ3v) is 3.81. The lowest BCUT2D eigenvalue weighted by molar-refractivity contribution is 0.325. The summed E-state index contributed by atoms with van der Waals surface area (Å²) >= 11 is 0. The summed E-state index contributed by atoms with van der Waals surface area (Å²) in [4.78, 5) is 2.57. The second-order valence-electron chi connectivity index (χ2n) is 5.31. The highest BCUT2D eigenvalue weighted by Gasteiger charge is 2.28. The molecule has 1 saturated heterocycles. The molecule has 1 heterocycles. The monoisotopic (exact) mass is 232 g/mol. The van der Waals surface area contributed by atoms with Crippen LogP contribution in [0.3, 0.4) is 0 Å². The topological polar surface area (TPSA) is 15.3 Å². The molecule has 1 N–H and O–H groups in total. The molecule has 1 aromatic carbocycles. The minimum Gasteiger partial charge on any atom is -0.366 e. The van der Waals surface area contributed by atoms with Gasteiger partial charge >= 0.3 is 0 Å². The Morgan fingerprint density at radius 2 is 2.00 bits per heavy atom. The molecule has 2 rings (SSSR count). The van der Waals surface area contributed by atoms with Gasteiger partial charge < -0.3 is 10.2 Å². The van der Waals surface area contributed by atoms with Crippen LogP contribution in [0.1, 0.15) is 27.2 Å². The highest BCUT2D eigenvalue weighted by molar-refractivity contribution is 5.48. The van der Waals surface area contributed by atoms with Crippen LogP contribution < -0.4 is 10.2 Å². The summed E-state index contributed by atoms with van der Waals surface area (Å²) in [5.41, 5.74) is 1.37. The first kappa shape index (κ1) is 12.4. The van der Waals surface area contributed by atoms with Crippen molar-refractivity contribution in [3.8, 4) is 0 Å². The number of benzene rings is 1. The van der Waals surface area contributed by atoms with Gasteiger partial charge in [0.25, 0.3) is 0 Å². The normalized spacial score (nSPS) is 25.3. The molecule has 1 fully saturated rings. The van der Waals surface area contributed by atoms with Crippen molar-refractivity contribution in [2.75, 3.05) is 18.0 Å². The zero-order valence-electron chi connectivity index (χ0n) is 11.2. The van der Waals surface area contributed by atoms with E-state index < -0.39 is 0 Å². The SMILES string of the molecule is CCC1CNC(C(C)C)CN1c1ccccc1. The number of para-hydroxylation sites is 1. The number of hydrogen-bond donors (Lipinski definition) is 1. The zero-order chi connectivity index (χ0) is 12.3. The smallest absolute Gasteiger partial charge is 0.0412 e. The molecule has 2 unspecified atom stereocenters. The van der Waals surface area contributed by atoms with E-state index in [0.717, 1.165) is 13.1 Å². The Morgan fingerprint density at radius 1 is 1.29 bits per heavy atom. The average molecular weight is 232 g/mol. The second kappa shape index (κ2) is 5.54. The standard InChI is InChI=1S/C15H24N2/c1-4-13-10-16-15(12(2)3)11-17(13)14-8-6-5-7-9-14/h5-9,12-13,15-16H,4,10-11H2,1-3H3. The maximum Gasteiger partial charge on any atom is 0.0412 e. The van der Waals surface area contributed by atoms with Crippen LogP contribution in [-0.2, 0) is 0 Å². The van der Waals surface area contributed by atoms with Gasteiger partial charge in [-0.05, 0) is 24.5 Å². The van der Waals surface area contributed by atoms with E-state index in [1.165, 1.54) is 12.1 Å². The van der Waals surface area contributed by atoms with Crippen molar-refractivity contribution in [2.24, 2.45) is 5.92 Å². The molecule has 0 bridgehead atoms. The van der Waals surface area contributed by atoms with Crippen molar-refractivity contribution in [3.63, 3.8) is 0 Å². The number of anilines is 1.